The van der Waals surface area contributed by atoms with E-state index >= 15 is 0 Å². The van der Waals surface area contributed by atoms with Crippen molar-refractivity contribution in [2.24, 2.45) is 11.8 Å². The molecule has 0 bridgehead atoms. The van der Waals surface area contributed by atoms with Crippen molar-refractivity contribution in [3.05, 3.63) is 0 Å². The molecule has 2 unspecified atom stereocenters. The third kappa shape index (κ3) is 8.58. The molecule has 0 saturated carbocycles. The molecule has 0 aliphatic rings. The monoisotopic (exact) mass is 245 g/mol. The first-order valence-corrected chi connectivity index (χ1v) is 6.93. The first kappa shape index (κ1) is 16.9. The van der Waals surface area contributed by atoms with Gasteiger partial charge in [-0.05, 0) is 38.1 Å². The van der Waals surface area contributed by atoms with Gasteiger partial charge in [0.2, 0.25) is 0 Å². The van der Waals surface area contributed by atoms with Crippen LogP contribution in [0.2, 0.25) is 0 Å². The molecule has 0 fully saturated rings. The normalized spacial score (nSPS) is 15.2. The Morgan fingerprint density at radius 1 is 1.06 bits per heavy atom. The summed E-state index contributed by atoms with van der Waals surface area (Å²) in [7, 11) is 1.73. The maximum Gasteiger partial charge on any atom is 0.0487 e. The summed E-state index contributed by atoms with van der Waals surface area (Å²) in [4.78, 5) is 0. The zero-order valence-electron chi connectivity index (χ0n) is 12.3. The van der Waals surface area contributed by atoms with Crippen molar-refractivity contribution in [1.29, 1.82) is 0 Å². The molecule has 2 atom stereocenters. The van der Waals surface area contributed by atoms with Gasteiger partial charge in [-0.25, -0.2) is 0 Å². The zero-order valence-corrected chi connectivity index (χ0v) is 12.3. The van der Waals surface area contributed by atoms with Gasteiger partial charge in [0.05, 0.1) is 0 Å². The van der Waals surface area contributed by atoms with E-state index in [2.05, 4.69) is 33.0 Å². The van der Waals surface area contributed by atoms with Crippen LogP contribution < -0.4 is 5.32 Å². The lowest BCUT2D eigenvalue weighted by molar-refractivity contribution is 0.0846. The number of ether oxygens (including phenoxy) is 2. The van der Waals surface area contributed by atoms with Gasteiger partial charge in [-0.3, -0.25) is 0 Å². The van der Waals surface area contributed by atoms with Gasteiger partial charge in [0.1, 0.15) is 0 Å². The second kappa shape index (κ2) is 11.0. The smallest absolute Gasteiger partial charge is 0.0487 e. The quantitative estimate of drug-likeness (QED) is 0.568. The molecule has 0 aromatic rings. The number of rotatable bonds is 11. The summed E-state index contributed by atoms with van der Waals surface area (Å²) in [6.45, 7) is 12.5. The Hall–Kier alpha value is -0.120. The summed E-state index contributed by atoms with van der Waals surface area (Å²) in [6.07, 6.45) is 2.13. The SMILES string of the molecule is CCNC(C)C(CCOCCCOC)C(C)C. The zero-order chi connectivity index (χ0) is 13.1. The van der Waals surface area contributed by atoms with Crippen LogP contribution in [-0.2, 0) is 9.47 Å². The van der Waals surface area contributed by atoms with Crippen molar-refractivity contribution >= 4 is 0 Å². The van der Waals surface area contributed by atoms with Gasteiger partial charge in [-0.2, -0.15) is 0 Å². The summed E-state index contributed by atoms with van der Waals surface area (Å²) in [5.74, 6) is 1.39. The van der Waals surface area contributed by atoms with E-state index in [0.29, 0.717) is 17.9 Å². The maximum atomic E-state index is 5.64. The minimum absolute atomic E-state index is 0.572. The molecule has 0 aromatic heterocycles. The van der Waals surface area contributed by atoms with Gasteiger partial charge < -0.3 is 14.8 Å². The van der Waals surface area contributed by atoms with Crippen LogP contribution in [0.5, 0.6) is 0 Å². The van der Waals surface area contributed by atoms with E-state index in [1.807, 2.05) is 0 Å². The Kier molecular flexibility index (Phi) is 10.9. The fourth-order valence-electron chi connectivity index (χ4n) is 2.26. The predicted octanol–water partition coefficient (Wildman–Crippen LogP) is 2.70. The minimum atomic E-state index is 0.572. The highest BCUT2D eigenvalue weighted by Crippen LogP contribution is 2.19. The fraction of sp³-hybridized carbons (Fsp3) is 1.00. The highest BCUT2D eigenvalue weighted by atomic mass is 16.5. The van der Waals surface area contributed by atoms with E-state index < -0.39 is 0 Å². The van der Waals surface area contributed by atoms with Crippen LogP contribution in [0, 0.1) is 11.8 Å². The number of hydrogen-bond acceptors (Lipinski definition) is 3. The summed E-state index contributed by atoms with van der Waals surface area (Å²) in [6, 6.07) is 0.572. The highest BCUT2D eigenvalue weighted by molar-refractivity contribution is 4.74. The second-order valence-electron chi connectivity index (χ2n) is 5.00. The van der Waals surface area contributed by atoms with E-state index in [9.17, 15) is 0 Å². The van der Waals surface area contributed by atoms with E-state index in [0.717, 1.165) is 39.2 Å². The van der Waals surface area contributed by atoms with Crippen LogP contribution in [0.1, 0.15) is 40.5 Å². The van der Waals surface area contributed by atoms with Crippen molar-refractivity contribution in [3.63, 3.8) is 0 Å². The van der Waals surface area contributed by atoms with Gasteiger partial charge in [-0.1, -0.05) is 20.8 Å². The Labute approximate surface area is 107 Å². The van der Waals surface area contributed by atoms with Crippen LogP contribution in [0.3, 0.4) is 0 Å². The average molecular weight is 245 g/mol. The van der Waals surface area contributed by atoms with Gasteiger partial charge >= 0.3 is 0 Å². The molecule has 0 aromatic carbocycles. The molecule has 0 radical (unpaired) electrons. The molecule has 0 spiro atoms. The Bertz CT molecular complexity index is 162. The third-order valence-corrected chi connectivity index (χ3v) is 3.26. The Morgan fingerprint density at radius 3 is 2.29 bits per heavy atom. The van der Waals surface area contributed by atoms with E-state index in [1.165, 1.54) is 0 Å². The Morgan fingerprint density at radius 2 is 1.76 bits per heavy atom. The molecule has 0 saturated heterocycles. The lowest BCUT2D eigenvalue weighted by atomic mass is 9.86. The molecular formula is C14H31NO2. The maximum absolute atomic E-state index is 5.64. The summed E-state index contributed by atoms with van der Waals surface area (Å²) in [5, 5.41) is 3.51. The standard InChI is InChI=1S/C14H31NO2/c1-6-15-13(4)14(12(2)3)8-11-17-10-7-9-16-5/h12-15H,6-11H2,1-5H3. The number of nitrogens with one attached hydrogen (secondary N) is 1. The number of methoxy groups -OCH3 is 1. The van der Waals surface area contributed by atoms with Gasteiger partial charge in [0.25, 0.3) is 0 Å². The van der Waals surface area contributed by atoms with Crippen molar-refractivity contribution < 1.29 is 9.47 Å². The van der Waals surface area contributed by atoms with E-state index in [1.54, 1.807) is 7.11 Å². The molecule has 104 valence electrons. The van der Waals surface area contributed by atoms with Gasteiger partial charge in [0, 0.05) is 33.0 Å². The van der Waals surface area contributed by atoms with Crippen molar-refractivity contribution in [1.82, 2.24) is 5.32 Å². The molecule has 0 heterocycles. The summed E-state index contributed by atoms with van der Waals surface area (Å²) >= 11 is 0. The van der Waals surface area contributed by atoms with Gasteiger partial charge in [-0.15, -0.1) is 0 Å². The predicted molar refractivity (Wildman–Crippen MR) is 73.4 cm³/mol. The molecule has 0 aliphatic carbocycles. The van der Waals surface area contributed by atoms with E-state index in [-0.39, 0.29) is 0 Å². The molecule has 3 heteroatoms. The molecule has 3 nitrogen and oxygen atoms in total. The molecule has 0 aliphatic heterocycles. The van der Waals surface area contributed by atoms with Crippen LogP contribution in [0.4, 0.5) is 0 Å². The van der Waals surface area contributed by atoms with Crippen LogP contribution in [0.15, 0.2) is 0 Å². The second-order valence-corrected chi connectivity index (χ2v) is 5.00. The average Bonchev–Trinajstić information content (AvgIpc) is 2.27. The number of hydrogen-bond donors (Lipinski definition) is 1. The van der Waals surface area contributed by atoms with Crippen LogP contribution >= 0.6 is 0 Å². The minimum Gasteiger partial charge on any atom is -0.385 e. The first-order chi connectivity index (χ1) is 8.13. The summed E-state index contributed by atoms with van der Waals surface area (Å²) in [5.41, 5.74) is 0. The largest absolute Gasteiger partial charge is 0.385 e. The topological polar surface area (TPSA) is 30.5 Å². The van der Waals surface area contributed by atoms with Crippen molar-refractivity contribution in [3.8, 4) is 0 Å². The Balaban J connectivity index is 3.70. The van der Waals surface area contributed by atoms with Crippen molar-refractivity contribution in [2.45, 2.75) is 46.6 Å². The highest BCUT2D eigenvalue weighted by Gasteiger charge is 2.19. The van der Waals surface area contributed by atoms with Crippen LogP contribution in [0.25, 0.3) is 0 Å². The summed E-state index contributed by atoms with van der Waals surface area (Å²) < 4.78 is 10.6. The van der Waals surface area contributed by atoms with Crippen LogP contribution in [-0.4, -0.2) is 39.5 Å². The molecular weight excluding hydrogens is 214 g/mol. The van der Waals surface area contributed by atoms with E-state index in [4.69, 9.17) is 9.47 Å². The van der Waals surface area contributed by atoms with Crippen molar-refractivity contribution in [2.75, 3.05) is 33.5 Å². The lowest BCUT2D eigenvalue weighted by Gasteiger charge is -2.28. The molecule has 17 heavy (non-hydrogen) atoms. The molecule has 1 N–H and O–H groups in total. The first-order valence-electron chi connectivity index (χ1n) is 6.93. The molecule has 0 rings (SSSR count). The lowest BCUT2D eigenvalue weighted by Crippen LogP contribution is -2.36. The van der Waals surface area contributed by atoms with Gasteiger partial charge in [0.15, 0.2) is 0 Å². The fourth-order valence-corrected chi connectivity index (χ4v) is 2.26. The molecule has 0 amide bonds. The third-order valence-electron chi connectivity index (χ3n) is 3.26.